The van der Waals surface area contributed by atoms with Crippen molar-refractivity contribution in [1.29, 1.82) is 0 Å². The molecule has 1 aromatic carbocycles. The number of ether oxygens (including phenoxy) is 2. The fourth-order valence-corrected chi connectivity index (χ4v) is 3.67. The van der Waals surface area contributed by atoms with E-state index in [2.05, 4.69) is 12.1 Å². The smallest absolute Gasteiger partial charge is 0.334 e. The minimum Gasteiger partial charge on any atom is -0.496 e. The number of fused-ring (bicyclic) bond motifs is 1. The molecule has 0 amide bonds. The maximum Gasteiger partial charge on any atom is 0.334 e. The van der Waals surface area contributed by atoms with E-state index < -0.39 is 5.97 Å². The van der Waals surface area contributed by atoms with Gasteiger partial charge in [-0.1, -0.05) is 57.5 Å². The summed E-state index contributed by atoms with van der Waals surface area (Å²) in [5.41, 5.74) is 1.27. The summed E-state index contributed by atoms with van der Waals surface area (Å²) in [6.07, 6.45) is 11.0. The first kappa shape index (κ1) is 25.3. The number of carbonyl (C=O) groups is 3. The number of benzene rings is 1. The topological polar surface area (TPSA) is 91.3 Å². The van der Waals surface area contributed by atoms with Crippen molar-refractivity contribution in [3.8, 4) is 11.5 Å². The molecule has 0 saturated heterocycles. The quantitative estimate of drug-likeness (QED) is 0.175. The van der Waals surface area contributed by atoms with E-state index >= 15 is 0 Å². The molecule has 0 spiro atoms. The second kappa shape index (κ2) is 12.8. The summed E-state index contributed by atoms with van der Waals surface area (Å²) in [5.74, 6) is -0.646. The van der Waals surface area contributed by atoms with Gasteiger partial charge in [0, 0.05) is 12.0 Å². The van der Waals surface area contributed by atoms with Gasteiger partial charge in [0.2, 0.25) is 0 Å². The maximum absolute atomic E-state index is 12.7. The minimum atomic E-state index is -0.458. The number of hydrogen-bond acceptors (Lipinski definition) is 7. The second-order valence-corrected chi connectivity index (χ2v) is 7.70. The second-order valence-electron chi connectivity index (χ2n) is 7.70. The van der Waals surface area contributed by atoms with Gasteiger partial charge in [-0.15, -0.1) is 0 Å². The van der Waals surface area contributed by atoms with Crippen LogP contribution in [-0.4, -0.2) is 37.5 Å². The average molecular weight is 444 g/mol. The molecule has 0 radical (unpaired) electrons. The van der Waals surface area contributed by atoms with Crippen molar-refractivity contribution in [3.05, 3.63) is 34.9 Å². The first-order chi connectivity index (χ1) is 15.5. The Bertz CT molecular complexity index is 900. The van der Waals surface area contributed by atoms with E-state index in [1.54, 1.807) is 13.0 Å². The molecule has 0 fully saturated rings. The molecule has 2 rings (SSSR count). The van der Waals surface area contributed by atoms with E-state index in [1.807, 2.05) is 0 Å². The number of unbranched alkanes of at least 4 members (excludes halogenated alkanes) is 6. The summed E-state index contributed by atoms with van der Waals surface area (Å²) in [4.78, 5) is 41.9. The Morgan fingerprint density at radius 1 is 0.875 bits per heavy atom. The van der Waals surface area contributed by atoms with Crippen LogP contribution in [-0.2, 0) is 9.63 Å². The number of allylic oxidation sites excluding steroid dienone is 2. The third kappa shape index (κ3) is 6.28. The van der Waals surface area contributed by atoms with Gasteiger partial charge in [-0.3, -0.25) is 9.59 Å². The number of oxime groups is 1. The van der Waals surface area contributed by atoms with E-state index in [4.69, 9.17) is 14.3 Å². The molecule has 174 valence electrons. The van der Waals surface area contributed by atoms with Crippen LogP contribution in [0.3, 0.4) is 0 Å². The Hall–Kier alpha value is -2.96. The largest absolute Gasteiger partial charge is 0.496 e. The van der Waals surface area contributed by atoms with Gasteiger partial charge in [0.1, 0.15) is 11.5 Å². The lowest BCUT2D eigenvalue weighted by Crippen LogP contribution is -2.18. The molecule has 7 heteroatoms. The first-order valence-electron chi connectivity index (χ1n) is 11.3. The minimum absolute atomic E-state index is 0.142. The summed E-state index contributed by atoms with van der Waals surface area (Å²) in [6, 6.07) is 1.63. The van der Waals surface area contributed by atoms with Gasteiger partial charge in [-0.05, 0) is 31.1 Å². The predicted octanol–water partition coefficient (Wildman–Crippen LogP) is 5.44. The lowest BCUT2D eigenvalue weighted by Gasteiger charge is -2.20. The van der Waals surface area contributed by atoms with Crippen molar-refractivity contribution >= 4 is 23.2 Å². The Labute approximate surface area is 189 Å². The molecule has 0 aromatic heterocycles. The third-order valence-corrected chi connectivity index (χ3v) is 5.42. The maximum atomic E-state index is 12.7. The molecule has 7 nitrogen and oxygen atoms in total. The van der Waals surface area contributed by atoms with Gasteiger partial charge in [0.15, 0.2) is 11.6 Å². The molecule has 0 heterocycles. The Kier molecular flexibility index (Phi) is 10.1. The van der Waals surface area contributed by atoms with Crippen molar-refractivity contribution in [1.82, 2.24) is 0 Å². The molecule has 0 unspecified atom stereocenters. The van der Waals surface area contributed by atoms with Crippen LogP contribution < -0.4 is 9.47 Å². The van der Waals surface area contributed by atoms with Crippen LogP contribution in [0, 0.1) is 0 Å². The van der Waals surface area contributed by atoms with Crippen LogP contribution in [0.25, 0.3) is 0 Å². The van der Waals surface area contributed by atoms with Gasteiger partial charge in [0.25, 0.3) is 0 Å². The Morgan fingerprint density at radius 3 is 2.09 bits per heavy atom. The summed E-state index contributed by atoms with van der Waals surface area (Å²) < 4.78 is 11.0. The monoisotopic (exact) mass is 443 g/mol. The van der Waals surface area contributed by atoms with E-state index in [0.717, 1.165) is 19.3 Å². The van der Waals surface area contributed by atoms with Crippen molar-refractivity contribution in [2.24, 2.45) is 5.16 Å². The molecule has 1 aliphatic rings. The summed E-state index contributed by atoms with van der Waals surface area (Å²) in [7, 11) is 2.87. The number of methoxy groups -OCH3 is 2. The molecule has 1 aromatic rings. The number of hydrogen-bond donors (Lipinski definition) is 0. The van der Waals surface area contributed by atoms with E-state index in [1.165, 1.54) is 52.1 Å². The lowest BCUT2D eigenvalue weighted by molar-refractivity contribution is -0.143. The van der Waals surface area contributed by atoms with E-state index in [9.17, 15) is 14.4 Å². The zero-order chi connectivity index (χ0) is 23.5. The Morgan fingerprint density at radius 2 is 1.50 bits per heavy atom. The highest BCUT2D eigenvalue weighted by atomic mass is 16.7. The summed E-state index contributed by atoms with van der Waals surface area (Å²) in [6.45, 7) is 3.88. The lowest BCUT2D eigenvalue weighted by atomic mass is 9.88. The summed E-state index contributed by atoms with van der Waals surface area (Å²) in [5, 5.41) is 4.11. The van der Waals surface area contributed by atoms with Crippen LogP contribution in [0.15, 0.2) is 23.4 Å². The zero-order valence-corrected chi connectivity index (χ0v) is 19.5. The van der Waals surface area contributed by atoms with Gasteiger partial charge in [-0.25, -0.2) is 4.79 Å². The number of carbonyl (C=O) groups excluding carboxylic acids is 3. The number of ketones is 2. The third-order valence-electron chi connectivity index (χ3n) is 5.42. The zero-order valence-electron chi connectivity index (χ0n) is 19.5. The Balaban J connectivity index is 2.39. The molecule has 0 N–H and O–H groups in total. The van der Waals surface area contributed by atoms with Crippen molar-refractivity contribution in [3.63, 3.8) is 0 Å². The molecule has 1 aliphatic carbocycles. The van der Waals surface area contributed by atoms with Crippen molar-refractivity contribution in [2.45, 2.75) is 71.6 Å². The van der Waals surface area contributed by atoms with Crippen LogP contribution in [0.5, 0.6) is 11.5 Å². The van der Waals surface area contributed by atoms with Gasteiger partial charge < -0.3 is 14.3 Å². The first-order valence-corrected chi connectivity index (χ1v) is 11.3. The van der Waals surface area contributed by atoms with Crippen molar-refractivity contribution in [2.75, 3.05) is 14.2 Å². The SMILES string of the molecule is CCCCCCCCCC(=NOC(=O)CC)c1cc(OC)c2c(c1OC)C(=O)C=CC2=O. The van der Waals surface area contributed by atoms with Gasteiger partial charge in [-0.2, -0.15) is 0 Å². The van der Waals surface area contributed by atoms with Gasteiger partial charge in [0.05, 0.1) is 31.1 Å². The molecule has 32 heavy (non-hydrogen) atoms. The molecule has 0 saturated carbocycles. The van der Waals surface area contributed by atoms with Crippen LogP contribution in [0.4, 0.5) is 0 Å². The highest BCUT2D eigenvalue weighted by Gasteiger charge is 2.31. The number of rotatable bonds is 13. The normalized spacial score (nSPS) is 13.2. The van der Waals surface area contributed by atoms with E-state index in [-0.39, 0.29) is 40.6 Å². The fraction of sp³-hybridized carbons (Fsp3) is 0.520. The highest BCUT2D eigenvalue weighted by Crippen LogP contribution is 2.38. The molecule has 0 aliphatic heterocycles. The van der Waals surface area contributed by atoms with Crippen LogP contribution in [0.1, 0.15) is 97.9 Å². The average Bonchev–Trinajstić information content (AvgIpc) is 2.81. The van der Waals surface area contributed by atoms with Crippen LogP contribution >= 0.6 is 0 Å². The van der Waals surface area contributed by atoms with Crippen molar-refractivity contribution < 1.29 is 28.7 Å². The number of nitrogens with zero attached hydrogens (tertiary/aromatic N) is 1. The summed E-state index contributed by atoms with van der Waals surface area (Å²) >= 11 is 0. The molecular weight excluding hydrogens is 410 g/mol. The molecule has 0 bridgehead atoms. The highest BCUT2D eigenvalue weighted by molar-refractivity contribution is 6.25. The van der Waals surface area contributed by atoms with E-state index in [0.29, 0.717) is 17.7 Å². The predicted molar refractivity (Wildman–Crippen MR) is 123 cm³/mol. The van der Waals surface area contributed by atoms with Crippen LogP contribution in [0.2, 0.25) is 0 Å². The molecule has 0 atom stereocenters. The standard InChI is InChI=1S/C25H33NO6/c1-5-7-8-9-10-11-12-13-18(26-32-22(29)6-2)17-16-21(30-3)23-19(27)14-15-20(28)24(23)25(17)31-4/h14-16H,5-13H2,1-4H3. The fourth-order valence-electron chi connectivity index (χ4n) is 3.67. The molecular formula is C25H33NO6. The van der Waals surface area contributed by atoms with Gasteiger partial charge >= 0.3 is 5.97 Å².